The number of piperidine rings is 1. The minimum absolute atomic E-state index is 0.0502. The second-order valence-corrected chi connectivity index (χ2v) is 5.21. The molecule has 1 amide bonds. The van der Waals surface area contributed by atoms with Gasteiger partial charge in [0.2, 0.25) is 0 Å². The van der Waals surface area contributed by atoms with Crippen molar-refractivity contribution < 1.29 is 13.9 Å². The SMILES string of the molecule is Nc1nccnc1C(=O)N1CCC[C@@H](Oc2ncccc2F)C1. The summed E-state index contributed by atoms with van der Waals surface area (Å²) >= 11 is 0. The van der Waals surface area contributed by atoms with E-state index in [0.29, 0.717) is 13.1 Å². The number of hydrogen-bond acceptors (Lipinski definition) is 6. The van der Waals surface area contributed by atoms with Gasteiger partial charge in [-0.05, 0) is 25.0 Å². The minimum atomic E-state index is -0.519. The van der Waals surface area contributed by atoms with Crippen LogP contribution in [0.3, 0.4) is 0 Å². The van der Waals surface area contributed by atoms with E-state index in [-0.39, 0.29) is 29.4 Å². The number of pyridine rings is 1. The molecule has 0 unspecified atom stereocenters. The van der Waals surface area contributed by atoms with Gasteiger partial charge in [0.15, 0.2) is 17.3 Å². The molecule has 0 saturated carbocycles. The predicted octanol–water partition coefficient (Wildman–Crippen LogP) is 1.28. The van der Waals surface area contributed by atoms with Crippen LogP contribution < -0.4 is 10.5 Å². The summed E-state index contributed by atoms with van der Waals surface area (Å²) in [6.07, 6.45) is 5.45. The van der Waals surface area contributed by atoms with Crippen molar-refractivity contribution in [1.82, 2.24) is 19.9 Å². The lowest BCUT2D eigenvalue weighted by atomic mass is 10.1. The van der Waals surface area contributed by atoms with Crippen molar-refractivity contribution in [2.24, 2.45) is 0 Å². The van der Waals surface area contributed by atoms with Crippen LogP contribution >= 0.6 is 0 Å². The fourth-order valence-electron chi connectivity index (χ4n) is 2.50. The summed E-state index contributed by atoms with van der Waals surface area (Å²) in [7, 11) is 0. The van der Waals surface area contributed by atoms with Crippen LogP contribution in [-0.4, -0.2) is 45.0 Å². The molecule has 3 heterocycles. The van der Waals surface area contributed by atoms with Gasteiger partial charge in [-0.25, -0.2) is 19.3 Å². The van der Waals surface area contributed by atoms with Crippen molar-refractivity contribution in [3.05, 3.63) is 42.2 Å². The monoisotopic (exact) mass is 317 g/mol. The Hall–Kier alpha value is -2.77. The number of carbonyl (C=O) groups excluding carboxylic acids is 1. The Labute approximate surface area is 132 Å². The van der Waals surface area contributed by atoms with Gasteiger partial charge in [-0.3, -0.25) is 4.79 Å². The van der Waals surface area contributed by atoms with Crippen LogP contribution in [0.2, 0.25) is 0 Å². The average Bonchev–Trinajstić information content (AvgIpc) is 2.57. The Morgan fingerprint density at radius 2 is 2.13 bits per heavy atom. The highest BCUT2D eigenvalue weighted by Crippen LogP contribution is 2.20. The molecule has 0 aromatic carbocycles. The number of aromatic nitrogens is 3. The molecule has 1 saturated heterocycles. The molecule has 0 radical (unpaired) electrons. The van der Waals surface area contributed by atoms with E-state index in [9.17, 15) is 9.18 Å². The molecule has 2 N–H and O–H groups in total. The quantitative estimate of drug-likeness (QED) is 0.916. The van der Waals surface area contributed by atoms with Gasteiger partial charge in [0.25, 0.3) is 11.8 Å². The number of nitrogens with zero attached hydrogens (tertiary/aromatic N) is 4. The summed E-state index contributed by atoms with van der Waals surface area (Å²) < 4.78 is 19.2. The van der Waals surface area contributed by atoms with Crippen LogP contribution in [0.4, 0.5) is 10.2 Å². The maximum absolute atomic E-state index is 13.6. The van der Waals surface area contributed by atoms with Gasteiger partial charge in [-0.1, -0.05) is 0 Å². The van der Waals surface area contributed by atoms with Gasteiger partial charge in [-0.2, -0.15) is 0 Å². The lowest BCUT2D eigenvalue weighted by Crippen LogP contribution is -2.45. The molecular formula is C15H16FN5O2. The Morgan fingerprint density at radius 3 is 2.91 bits per heavy atom. The summed E-state index contributed by atoms with van der Waals surface area (Å²) in [5.41, 5.74) is 5.82. The van der Waals surface area contributed by atoms with Gasteiger partial charge in [0.1, 0.15) is 6.10 Å². The van der Waals surface area contributed by atoms with E-state index in [1.807, 2.05) is 0 Å². The molecule has 0 spiro atoms. The smallest absolute Gasteiger partial charge is 0.276 e. The number of halogens is 1. The third-order valence-electron chi connectivity index (χ3n) is 3.60. The van der Waals surface area contributed by atoms with E-state index in [4.69, 9.17) is 10.5 Å². The summed E-state index contributed by atoms with van der Waals surface area (Å²) in [6.45, 7) is 0.893. The highest BCUT2D eigenvalue weighted by molar-refractivity contribution is 5.96. The van der Waals surface area contributed by atoms with Crippen LogP contribution in [0.5, 0.6) is 5.88 Å². The number of carbonyl (C=O) groups is 1. The van der Waals surface area contributed by atoms with Crippen molar-refractivity contribution in [2.45, 2.75) is 18.9 Å². The molecule has 7 nitrogen and oxygen atoms in total. The standard InChI is InChI=1S/C15H16FN5O2/c16-11-4-1-5-20-14(11)23-10-3-2-8-21(9-10)15(22)12-13(17)19-7-6-18-12/h1,4-7,10H,2-3,8-9H2,(H2,17,19)/t10-/m1/s1. The van der Waals surface area contributed by atoms with Crippen LogP contribution in [0.15, 0.2) is 30.7 Å². The zero-order valence-corrected chi connectivity index (χ0v) is 12.4. The molecule has 1 aliphatic heterocycles. The molecule has 2 aromatic rings. The van der Waals surface area contributed by atoms with Crippen LogP contribution in [0.25, 0.3) is 0 Å². The number of anilines is 1. The van der Waals surface area contributed by atoms with Gasteiger partial charge < -0.3 is 15.4 Å². The summed E-state index contributed by atoms with van der Waals surface area (Å²) in [5.74, 6) is -0.776. The number of rotatable bonds is 3. The predicted molar refractivity (Wildman–Crippen MR) is 80.2 cm³/mol. The number of nitrogen functional groups attached to an aromatic ring is 1. The number of likely N-dealkylation sites (tertiary alicyclic amines) is 1. The van der Waals surface area contributed by atoms with E-state index in [1.165, 1.54) is 30.7 Å². The first-order valence-electron chi connectivity index (χ1n) is 7.28. The first-order chi connectivity index (χ1) is 11.1. The van der Waals surface area contributed by atoms with Crippen molar-refractivity contribution >= 4 is 11.7 Å². The van der Waals surface area contributed by atoms with Crippen molar-refractivity contribution in [1.29, 1.82) is 0 Å². The fourth-order valence-corrected chi connectivity index (χ4v) is 2.50. The average molecular weight is 317 g/mol. The maximum Gasteiger partial charge on any atom is 0.276 e. The van der Waals surface area contributed by atoms with Gasteiger partial charge in [0.05, 0.1) is 6.54 Å². The van der Waals surface area contributed by atoms with E-state index in [1.54, 1.807) is 4.90 Å². The second-order valence-electron chi connectivity index (χ2n) is 5.21. The Morgan fingerprint density at radius 1 is 1.30 bits per heavy atom. The van der Waals surface area contributed by atoms with Gasteiger partial charge in [0, 0.05) is 25.1 Å². The van der Waals surface area contributed by atoms with Crippen molar-refractivity contribution in [3.63, 3.8) is 0 Å². The normalized spacial score (nSPS) is 17.8. The highest BCUT2D eigenvalue weighted by Gasteiger charge is 2.28. The Bertz CT molecular complexity index is 712. The molecule has 23 heavy (non-hydrogen) atoms. The molecule has 1 aliphatic rings. The Balaban J connectivity index is 1.70. The van der Waals surface area contributed by atoms with Crippen molar-refractivity contribution in [3.8, 4) is 5.88 Å². The third kappa shape index (κ3) is 3.36. The molecule has 1 atom stereocenters. The number of hydrogen-bond donors (Lipinski definition) is 1. The largest absolute Gasteiger partial charge is 0.470 e. The summed E-state index contributed by atoms with van der Waals surface area (Å²) in [6, 6.07) is 2.78. The minimum Gasteiger partial charge on any atom is -0.470 e. The second kappa shape index (κ2) is 6.55. The highest BCUT2D eigenvalue weighted by atomic mass is 19.1. The lowest BCUT2D eigenvalue weighted by molar-refractivity contribution is 0.0513. The van der Waals surface area contributed by atoms with Crippen LogP contribution in [-0.2, 0) is 0 Å². The van der Waals surface area contributed by atoms with E-state index >= 15 is 0 Å². The topological polar surface area (TPSA) is 94.2 Å². The number of ether oxygens (including phenoxy) is 1. The number of amides is 1. The van der Waals surface area contributed by atoms with Crippen LogP contribution in [0, 0.1) is 5.82 Å². The molecule has 3 rings (SSSR count). The molecule has 1 fully saturated rings. The zero-order chi connectivity index (χ0) is 16.2. The molecule has 0 aliphatic carbocycles. The molecule has 8 heteroatoms. The molecule has 2 aromatic heterocycles. The number of nitrogens with two attached hydrogens (primary N) is 1. The van der Waals surface area contributed by atoms with Gasteiger partial charge in [-0.15, -0.1) is 0 Å². The van der Waals surface area contributed by atoms with E-state index in [0.717, 1.165) is 12.8 Å². The fraction of sp³-hybridized carbons (Fsp3) is 0.333. The Kier molecular flexibility index (Phi) is 4.31. The molecule has 120 valence electrons. The molecule has 0 bridgehead atoms. The maximum atomic E-state index is 13.6. The van der Waals surface area contributed by atoms with E-state index < -0.39 is 5.82 Å². The summed E-state index contributed by atoms with van der Waals surface area (Å²) in [5, 5.41) is 0. The summed E-state index contributed by atoms with van der Waals surface area (Å²) in [4.78, 5) is 25.8. The first kappa shape index (κ1) is 15.1. The van der Waals surface area contributed by atoms with Gasteiger partial charge >= 0.3 is 0 Å². The van der Waals surface area contributed by atoms with Crippen molar-refractivity contribution in [2.75, 3.05) is 18.8 Å². The zero-order valence-electron chi connectivity index (χ0n) is 12.4. The van der Waals surface area contributed by atoms with E-state index in [2.05, 4.69) is 15.0 Å². The lowest BCUT2D eigenvalue weighted by Gasteiger charge is -2.32. The first-order valence-corrected chi connectivity index (χ1v) is 7.28. The van der Waals surface area contributed by atoms with Crippen LogP contribution in [0.1, 0.15) is 23.3 Å². The third-order valence-corrected chi connectivity index (χ3v) is 3.60. The molecular weight excluding hydrogens is 301 g/mol.